The molecule has 5 rings (SSSR count). The van der Waals surface area contributed by atoms with Crippen molar-refractivity contribution in [2.45, 2.75) is 20.8 Å². The highest BCUT2D eigenvalue weighted by atomic mass is 15.2. The van der Waals surface area contributed by atoms with Gasteiger partial charge in [-0.1, -0.05) is 48.5 Å². The first-order chi connectivity index (χ1) is 15.0. The third-order valence-electron chi connectivity index (χ3n) is 6.05. The Hall–Kier alpha value is -3.72. The monoisotopic (exact) mass is 404 g/mol. The molecule has 0 fully saturated rings. The van der Waals surface area contributed by atoms with Crippen molar-refractivity contribution in [2.75, 3.05) is 0 Å². The van der Waals surface area contributed by atoms with Crippen LogP contribution in [-0.4, -0.2) is 9.55 Å². The molecule has 0 spiro atoms. The standard InChI is InChI=1S/C28H26N3/c1-19-16-21(3)29-18-24(19)28-30(4)26-12-8-9-13-27(26)31(28)25-15-14-23(17-20(25)2)22-10-6-5-7-11-22/h5-18H,1-4H3/q+1. The molecule has 0 saturated heterocycles. The maximum absolute atomic E-state index is 4.61. The van der Waals surface area contributed by atoms with Crippen molar-refractivity contribution >= 4 is 11.0 Å². The number of rotatable bonds is 3. The molecule has 0 bridgehead atoms. The molecule has 152 valence electrons. The van der Waals surface area contributed by atoms with Crippen LogP contribution < -0.4 is 4.57 Å². The third-order valence-corrected chi connectivity index (χ3v) is 6.05. The first-order valence-electron chi connectivity index (χ1n) is 10.6. The van der Waals surface area contributed by atoms with E-state index in [0.717, 1.165) is 17.1 Å². The molecule has 3 heteroatoms. The second-order valence-electron chi connectivity index (χ2n) is 8.21. The van der Waals surface area contributed by atoms with Crippen LogP contribution in [0.3, 0.4) is 0 Å². The molecule has 0 N–H and O–H groups in total. The Morgan fingerprint density at radius 1 is 0.742 bits per heavy atom. The van der Waals surface area contributed by atoms with Gasteiger partial charge >= 0.3 is 0 Å². The van der Waals surface area contributed by atoms with E-state index in [4.69, 9.17) is 0 Å². The summed E-state index contributed by atoms with van der Waals surface area (Å²) in [5, 5.41) is 0. The third kappa shape index (κ3) is 3.23. The number of para-hydroxylation sites is 2. The number of imidazole rings is 1. The molecule has 5 aromatic rings. The van der Waals surface area contributed by atoms with Crippen LogP contribution in [0.1, 0.15) is 16.8 Å². The largest absolute Gasteiger partial charge is 0.296 e. The van der Waals surface area contributed by atoms with E-state index in [1.807, 2.05) is 13.1 Å². The second-order valence-corrected chi connectivity index (χ2v) is 8.21. The summed E-state index contributed by atoms with van der Waals surface area (Å²) in [7, 11) is 2.14. The first-order valence-corrected chi connectivity index (χ1v) is 10.6. The van der Waals surface area contributed by atoms with Crippen molar-refractivity contribution in [2.24, 2.45) is 7.05 Å². The molecule has 3 aromatic carbocycles. The zero-order valence-electron chi connectivity index (χ0n) is 18.4. The van der Waals surface area contributed by atoms with Crippen molar-refractivity contribution in [3.05, 3.63) is 102 Å². The van der Waals surface area contributed by atoms with E-state index >= 15 is 0 Å². The predicted molar refractivity (Wildman–Crippen MR) is 127 cm³/mol. The van der Waals surface area contributed by atoms with E-state index < -0.39 is 0 Å². The Balaban J connectivity index is 1.79. The van der Waals surface area contributed by atoms with Crippen LogP contribution >= 0.6 is 0 Å². The Labute approximate surface area is 183 Å². The van der Waals surface area contributed by atoms with Gasteiger partial charge in [-0.3, -0.25) is 4.98 Å². The molecule has 0 aliphatic heterocycles. The highest BCUT2D eigenvalue weighted by Crippen LogP contribution is 2.32. The van der Waals surface area contributed by atoms with Gasteiger partial charge in [-0.2, -0.15) is 4.57 Å². The van der Waals surface area contributed by atoms with Gasteiger partial charge in [0, 0.05) is 11.9 Å². The number of hydrogen-bond donors (Lipinski definition) is 0. The number of hydrogen-bond acceptors (Lipinski definition) is 1. The topological polar surface area (TPSA) is 21.7 Å². The van der Waals surface area contributed by atoms with Gasteiger partial charge in [-0.25, -0.2) is 4.57 Å². The SMILES string of the molecule is Cc1cc(C)c(-c2n(-c3ccc(-c4ccccc4)cc3C)c3ccccc3[n+]2C)cn1. The second kappa shape index (κ2) is 7.51. The van der Waals surface area contributed by atoms with E-state index in [9.17, 15) is 0 Å². The molecule has 0 unspecified atom stereocenters. The fourth-order valence-corrected chi connectivity index (χ4v) is 4.51. The lowest BCUT2D eigenvalue weighted by Crippen LogP contribution is -2.30. The molecule has 0 radical (unpaired) electrons. The van der Waals surface area contributed by atoms with Crippen LogP contribution in [0.5, 0.6) is 0 Å². The van der Waals surface area contributed by atoms with Crippen molar-refractivity contribution in [1.82, 2.24) is 9.55 Å². The van der Waals surface area contributed by atoms with Crippen LogP contribution in [0.4, 0.5) is 0 Å². The summed E-state index contributed by atoms with van der Waals surface area (Å²) in [4.78, 5) is 4.61. The zero-order valence-corrected chi connectivity index (χ0v) is 18.4. The lowest BCUT2D eigenvalue weighted by molar-refractivity contribution is -0.633. The van der Waals surface area contributed by atoms with E-state index in [-0.39, 0.29) is 0 Å². The van der Waals surface area contributed by atoms with Crippen molar-refractivity contribution in [1.29, 1.82) is 0 Å². The zero-order chi connectivity index (χ0) is 21.5. The van der Waals surface area contributed by atoms with E-state index in [2.05, 4.69) is 114 Å². The highest BCUT2D eigenvalue weighted by molar-refractivity contribution is 5.80. The van der Waals surface area contributed by atoms with Gasteiger partial charge in [0.2, 0.25) is 0 Å². The molecule has 0 atom stereocenters. The minimum Gasteiger partial charge on any atom is -0.261 e. The number of aryl methyl sites for hydroxylation is 4. The van der Waals surface area contributed by atoms with E-state index in [1.165, 1.54) is 39.0 Å². The van der Waals surface area contributed by atoms with Crippen molar-refractivity contribution in [3.8, 4) is 28.2 Å². The molecular formula is C28H26N3+. The highest BCUT2D eigenvalue weighted by Gasteiger charge is 2.28. The number of fused-ring (bicyclic) bond motifs is 1. The van der Waals surface area contributed by atoms with Crippen LogP contribution in [0.2, 0.25) is 0 Å². The summed E-state index contributed by atoms with van der Waals surface area (Å²) in [6.07, 6.45) is 2.00. The van der Waals surface area contributed by atoms with Gasteiger partial charge in [0.1, 0.15) is 5.69 Å². The minimum absolute atomic E-state index is 1.04. The number of pyridine rings is 1. The molecule has 0 amide bonds. The molecule has 3 nitrogen and oxygen atoms in total. The molecule has 0 aliphatic carbocycles. The van der Waals surface area contributed by atoms with Gasteiger partial charge < -0.3 is 0 Å². The van der Waals surface area contributed by atoms with Gasteiger partial charge in [0.05, 0.1) is 12.6 Å². The normalized spacial score (nSPS) is 11.2. The summed E-state index contributed by atoms with van der Waals surface area (Å²) in [6.45, 7) is 6.40. The van der Waals surface area contributed by atoms with Gasteiger partial charge in [0.25, 0.3) is 5.82 Å². The average Bonchev–Trinajstić information content (AvgIpc) is 3.07. The number of benzene rings is 3. The Morgan fingerprint density at radius 2 is 1.48 bits per heavy atom. The predicted octanol–water partition coefficient (Wildman–Crippen LogP) is 6.11. The quantitative estimate of drug-likeness (QED) is 0.333. The lowest BCUT2D eigenvalue weighted by atomic mass is 10.0. The van der Waals surface area contributed by atoms with Crippen LogP contribution in [-0.2, 0) is 7.05 Å². The molecule has 31 heavy (non-hydrogen) atoms. The maximum Gasteiger partial charge on any atom is 0.296 e. The van der Waals surface area contributed by atoms with Crippen molar-refractivity contribution in [3.63, 3.8) is 0 Å². The summed E-state index contributed by atoms with van der Waals surface area (Å²) in [5.41, 5.74) is 10.7. The summed E-state index contributed by atoms with van der Waals surface area (Å²) in [6, 6.07) is 28.0. The number of aromatic nitrogens is 3. The molecule has 2 heterocycles. The first kappa shape index (κ1) is 19.3. The van der Waals surface area contributed by atoms with Crippen LogP contribution in [0, 0.1) is 20.8 Å². The summed E-state index contributed by atoms with van der Waals surface area (Å²) in [5.74, 6) is 1.14. The summed E-state index contributed by atoms with van der Waals surface area (Å²) < 4.78 is 4.65. The molecule has 0 saturated carbocycles. The Morgan fingerprint density at radius 3 is 2.23 bits per heavy atom. The van der Waals surface area contributed by atoms with Crippen molar-refractivity contribution < 1.29 is 4.57 Å². The fourth-order valence-electron chi connectivity index (χ4n) is 4.51. The minimum atomic E-state index is 1.04. The maximum atomic E-state index is 4.61. The average molecular weight is 405 g/mol. The van der Waals surface area contributed by atoms with E-state index in [1.54, 1.807) is 0 Å². The smallest absolute Gasteiger partial charge is 0.261 e. The fraction of sp³-hybridized carbons (Fsp3) is 0.143. The van der Waals surface area contributed by atoms with Gasteiger partial charge in [0.15, 0.2) is 11.0 Å². The van der Waals surface area contributed by atoms with Crippen LogP contribution in [0.15, 0.2) is 85.1 Å². The van der Waals surface area contributed by atoms with E-state index in [0.29, 0.717) is 0 Å². The molecule has 2 aromatic heterocycles. The lowest BCUT2D eigenvalue weighted by Gasteiger charge is -2.10. The molecule has 0 aliphatic rings. The van der Waals surface area contributed by atoms with Gasteiger partial charge in [-0.15, -0.1) is 0 Å². The Kier molecular flexibility index (Phi) is 4.67. The van der Waals surface area contributed by atoms with Gasteiger partial charge in [-0.05, 0) is 73.4 Å². The van der Waals surface area contributed by atoms with Crippen LogP contribution in [0.25, 0.3) is 39.2 Å². The molecular weight excluding hydrogens is 378 g/mol. The Bertz CT molecular complexity index is 1410. The summed E-state index contributed by atoms with van der Waals surface area (Å²) >= 11 is 0. The number of nitrogens with zero attached hydrogens (tertiary/aromatic N) is 3.